The molecule has 2 aliphatic rings. The molecule has 0 radical (unpaired) electrons. The van der Waals surface area contributed by atoms with Crippen LogP contribution in [0.15, 0.2) is 41.5 Å². The maximum absolute atomic E-state index is 12.6. The van der Waals surface area contributed by atoms with Crippen molar-refractivity contribution >= 4 is 0 Å². The lowest BCUT2D eigenvalue weighted by Crippen LogP contribution is -2.40. The zero-order chi connectivity index (χ0) is 20.6. The molecule has 2 fully saturated rings. The molecule has 164 valence electrons. The second-order valence-electron chi connectivity index (χ2n) is 8.19. The molecule has 0 saturated carbocycles. The standard InChI is InChI=1S/C22H33N5O3/c28-22-26(11-10-25-12-15-29-16-13-25)19-23-27(22)18-20-6-8-24(9-7-20)14-17-30-21-4-2-1-3-5-21/h1-5,19-20H,6-18H2. The van der Waals surface area contributed by atoms with Crippen LogP contribution in [0.2, 0.25) is 0 Å². The Morgan fingerprint density at radius 3 is 2.47 bits per heavy atom. The Balaban J connectivity index is 1.17. The summed E-state index contributed by atoms with van der Waals surface area (Å²) in [5.74, 6) is 1.44. The van der Waals surface area contributed by atoms with Crippen LogP contribution in [0.5, 0.6) is 5.75 Å². The fraction of sp³-hybridized carbons (Fsp3) is 0.636. The summed E-state index contributed by atoms with van der Waals surface area (Å²) in [5.41, 5.74) is 0.0157. The number of nitrogens with zero attached hydrogens (tertiary/aromatic N) is 5. The van der Waals surface area contributed by atoms with Crippen LogP contribution in [-0.4, -0.2) is 83.2 Å². The topological polar surface area (TPSA) is 64.8 Å². The van der Waals surface area contributed by atoms with Gasteiger partial charge in [-0.2, -0.15) is 5.10 Å². The maximum atomic E-state index is 12.6. The minimum absolute atomic E-state index is 0.0157. The molecule has 0 spiro atoms. The van der Waals surface area contributed by atoms with Crippen molar-refractivity contribution in [2.75, 3.05) is 59.1 Å². The largest absolute Gasteiger partial charge is 0.492 e. The van der Waals surface area contributed by atoms with Gasteiger partial charge in [0, 0.05) is 39.3 Å². The maximum Gasteiger partial charge on any atom is 0.345 e. The van der Waals surface area contributed by atoms with Gasteiger partial charge in [-0.25, -0.2) is 9.48 Å². The molecule has 1 aromatic heterocycles. The Bertz CT molecular complexity index is 808. The van der Waals surface area contributed by atoms with Gasteiger partial charge >= 0.3 is 5.69 Å². The van der Waals surface area contributed by atoms with E-state index in [9.17, 15) is 4.79 Å². The number of likely N-dealkylation sites (tertiary alicyclic amines) is 1. The SMILES string of the molecule is O=c1n(CCN2CCOCC2)cnn1CC1CCN(CCOc2ccccc2)CC1. The van der Waals surface area contributed by atoms with Crippen LogP contribution in [0, 0.1) is 5.92 Å². The number of morpholine rings is 1. The van der Waals surface area contributed by atoms with Crippen LogP contribution < -0.4 is 10.4 Å². The number of hydrogen-bond acceptors (Lipinski definition) is 6. The summed E-state index contributed by atoms with van der Waals surface area (Å²) in [6.45, 7) is 9.49. The highest BCUT2D eigenvalue weighted by Gasteiger charge is 2.21. The number of aromatic nitrogens is 3. The summed E-state index contributed by atoms with van der Waals surface area (Å²) >= 11 is 0. The zero-order valence-electron chi connectivity index (χ0n) is 17.7. The third kappa shape index (κ3) is 5.93. The Morgan fingerprint density at radius 1 is 0.967 bits per heavy atom. The molecule has 4 rings (SSSR count). The summed E-state index contributed by atoms with van der Waals surface area (Å²) in [6.07, 6.45) is 3.88. The summed E-state index contributed by atoms with van der Waals surface area (Å²) in [4.78, 5) is 17.4. The highest BCUT2D eigenvalue weighted by Crippen LogP contribution is 2.18. The first kappa shape index (κ1) is 21.1. The minimum atomic E-state index is 0.0157. The van der Waals surface area contributed by atoms with Crippen LogP contribution in [0.4, 0.5) is 0 Å². The van der Waals surface area contributed by atoms with Crippen molar-refractivity contribution in [1.29, 1.82) is 0 Å². The molecular weight excluding hydrogens is 382 g/mol. The lowest BCUT2D eigenvalue weighted by molar-refractivity contribution is 0.0362. The van der Waals surface area contributed by atoms with E-state index in [0.717, 1.165) is 77.6 Å². The van der Waals surface area contributed by atoms with Crippen molar-refractivity contribution in [2.45, 2.75) is 25.9 Å². The monoisotopic (exact) mass is 415 g/mol. The van der Waals surface area contributed by atoms with Crippen LogP contribution in [-0.2, 0) is 17.8 Å². The summed E-state index contributed by atoms with van der Waals surface area (Å²) in [6, 6.07) is 9.96. The Labute approximate surface area is 178 Å². The molecule has 2 aromatic rings. The predicted molar refractivity (Wildman–Crippen MR) is 115 cm³/mol. The molecule has 2 aliphatic heterocycles. The van der Waals surface area contributed by atoms with Gasteiger partial charge in [-0.05, 0) is 44.0 Å². The summed E-state index contributed by atoms with van der Waals surface area (Å²) < 4.78 is 14.6. The third-order valence-electron chi connectivity index (χ3n) is 6.12. The number of benzene rings is 1. The number of hydrogen-bond donors (Lipinski definition) is 0. The summed E-state index contributed by atoms with van der Waals surface area (Å²) in [5, 5.41) is 4.37. The molecule has 30 heavy (non-hydrogen) atoms. The van der Waals surface area contributed by atoms with Crippen molar-refractivity contribution in [2.24, 2.45) is 5.92 Å². The molecule has 8 heteroatoms. The Hall–Kier alpha value is -2.16. The average Bonchev–Trinajstić information content (AvgIpc) is 3.14. The molecule has 2 saturated heterocycles. The van der Waals surface area contributed by atoms with E-state index in [-0.39, 0.29) is 5.69 Å². The molecule has 8 nitrogen and oxygen atoms in total. The van der Waals surface area contributed by atoms with Gasteiger partial charge in [-0.1, -0.05) is 18.2 Å². The van der Waals surface area contributed by atoms with Gasteiger partial charge in [0.1, 0.15) is 18.7 Å². The Morgan fingerprint density at radius 2 is 1.70 bits per heavy atom. The molecule has 0 atom stereocenters. The van der Waals surface area contributed by atoms with E-state index in [1.807, 2.05) is 30.3 Å². The molecular formula is C22H33N5O3. The van der Waals surface area contributed by atoms with E-state index < -0.39 is 0 Å². The number of ether oxygens (including phenoxy) is 2. The van der Waals surface area contributed by atoms with Crippen molar-refractivity contribution in [3.63, 3.8) is 0 Å². The van der Waals surface area contributed by atoms with Crippen molar-refractivity contribution in [1.82, 2.24) is 24.1 Å². The van der Waals surface area contributed by atoms with Crippen molar-refractivity contribution in [3.8, 4) is 5.75 Å². The smallest absolute Gasteiger partial charge is 0.345 e. The minimum Gasteiger partial charge on any atom is -0.492 e. The molecule has 3 heterocycles. The lowest BCUT2D eigenvalue weighted by atomic mass is 9.97. The van der Waals surface area contributed by atoms with E-state index in [0.29, 0.717) is 19.1 Å². The number of piperidine rings is 1. The first-order valence-corrected chi connectivity index (χ1v) is 11.1. The average molecular weight is 416 g/mol. The summed E-state index contributed by atoms with van der Waals surface area (Å²) in [7, 11) is 0. The zero-order valence-corrected chi connectivity index (χ0v) is 17.7. The van der Waals surface area contributed by atoms with Gasteiger partial charge in [0.25, 0.3) is 0 Å². The fourth-order valence-corrected chi connectivity index (χ4v) is 4.17. The first-order chi connectivity index (χ1) is 14.8. The highest BCUT2D eigenvalue weighted by molar-refractivity contribution is 5.20. The quantitative estimate of drug-likeness (QED) is 0.613. The molecule has 0 aliphatic carbocycles. The van der Waals surface area contributed by atoms with Gasteiger partial charge in [0.15, 0.2) is 0 Å². The molecule has 1 aromatic carbocycles. The van der Waals surface area contributed by atoms with Gasteiger partial charge in [-0.3, -0.25) is 14.4 Å². The predicted octanol–water partition coefficient (Wildman–Crippen LogP) is 1.17. The van der Waals surface area contributed by atoms with Gasteiger partial charge < -0.3 is 9.47 Å². The third-order valence-corrected chi connectivity index (χ3v) is 6.12. The van der Waals surface area contributed by atoms with Crippen LogP contribution >= 0.6 is 0 Å². The van der Waals surface area contributed by atoms with Gasteiger partial charge in [-0.15, -0.1) is 0 Å². The Kier molecular flexibility index (Phi) is 7.55. The van der Waals surface area contributed by atoms with Crippen LogP contribution in [0.1, 0.15) is 12.8 Å². The molecule has 0 amide bonds. The van der Waals surface area contributed by atoms with Gasteiger partial charge in [0.05, 0.1) is 13.2 Å². The lowest BCUT2D eigenvalue weighted by Gasteiger charge is -2.31. The highest BCUT2D eigenvalue weighted by atomic mass is 16.5. The molecule has 0 N–H and O–H groups in total. The molecule has 0 unspecified atom stereocenters. The number of para-hydroxylation sites is 1. The second kappa shape index (κ2) is 10.7. The first-order valence-electron chi connectivity index (χ1n) is 11.1. The number of rotatable bonds is 9. The fourth-order valence-electron chi connectivity index (χ4n) is 4.17. The van der Waals surface area contributed by atoms with Crippen LogP contribution in [0.3, 0.4) is 0 Å². The van der Waals surface area contributed by atoms with E-state index in [2.05, 4.69) is 14.9 Å². The van der Waals surface area contributed by atoms with Gasteiger partial charge in [0.2, 0.25) is 0 Å². The van der Waals surface area contributed by atoms with E-state index in [1.165, 1.54) is 0 Å². The van der Waals surface area contributed by atoms with Crippen LogP contribution in [0.25, 0.3) is 0 Å². The van der Waals surface area contributed by atoms with E-state index in [1.54, 1.807) is 15.6 Å². The van der Waals surface area contributed by atoms with E-state index in [4.69, 9.17) is 9.47 Å². The molecule has 0 bridgehead atoms. The van der Waals surface area contributed by atoms with Crippen molar-refractivity contribution < 1.29 is 9.47 Å². The van der Waals surface area contributed by atoms with E-state index >= 15 is 0 Å². The second-order valence-corrected chi connectivity index (χ2v) is 8.19. The van der Waals surface area contributed by atoms with Crippen molar-refractivity contribution in [3.05, 3.63) is 47.1 Å². The normalized spacial score (nSPS) is 19.2.